The molecular weight excluding hydrogens is 334 g/mol. The minimum atomic E-state index is 0. The Morgan fingerprint density at radius 2 is 1.65 bits per heavy atom. The first-order valence-corrected chi connectivity index (χ1v) is 6.53. The molecule has 0 atom stereocenters. The standard InChI is InChI=1S/C15H21N.3CO.Fe/c1-12(9-11-16)7-8-14-13(2)6-5-10-15(14,3)4;3*1-2;/h7-9H,5-6,10H2,1-4H3;;;;/b8-7+,12-9+;;;;. The van der Waals surface area contributed by atoms with Gasteiger partial charge in [-0.25, -0.2) is 0 Å². The summed E-state index contributed by atoms with van der Waals surface area (Å²) in [4.78, 5) is 0. The predicted molar refractivity (Wildman–Crippen MR) is 80.6 cm³/mol. The van der Waals surface area contributed by atoms with Crippen LogP contribution in [0, 0.1) is 36.7 Å². The zero-order valence-corrected chi connectivity index (χ0v) is 15.0. The van der Waals surface area contributed by atoms with E-state index in [1.807, 2.05) is 6.92 Å². The molecule has 0 fully saturated rings. The molecule has 0 unspecified atom stereocenters. The van der Waals surface area contributed by atoms with Gasteiger partial charge in [-0.2, -0.15) is 5.26 Å². The van der Waals surface area contributed by atoms with Gasteiger partial charge in [0.25, 0.3) is 0 Å². The Kier molecular flexibility index (Phi) is 23.7. The summed E-state index contributed by atoms with van der Waals surface area (Å²) in [5.74, 6) is 0. The van der Waals surface area contributed by atoms with Crippen LogP contribution in [0.25, 0.3) is 0 Å². The SMILES string of the molecule is CC1=C(/C=C/C(C)=C/C#N)C(C)(C)CCC1.[C-]#[O+].[C-]#[O+].[C-]#[O+].[Fe]. The van der Waals surface area contributed by atoms with Crippen LogP contribution in [0.3, 0.4) is 0 Å². The van der Waals surface area contributed by atoms with Gasteiger partial charge in [-0.15, -0.1) is 0 Å². The molecule has 0 spiro atoms. The van der Waals surface area contributed by atoms with Gasteiger partial charge in [0, 0.05) is 23.1 Å². The van der Waals surface area contributed by atoms with Crippen molar-refractivity contribution in [2.24, 2.45) is 5.41 Å². The van der Waals surface area contributed by atoms with E-state index in [1.165, 1.54) is 30.4 Å². The van der Waals surface area contributed by atoms with Crippen LogP contribution < -0.4 is 0 Å². The van der Waals surface area contributed by atoms with Gasteiger partial charge in [0.15, 0.2) is 0 Å². The van der Waals surface area contributed by atoms with Gasteiger partial charge in [0.1, 0.15) is 0 Å². The molecule has 0 aliphatic heterocycles. The first kappa shape index (κ1) is 29.5. The third-order valence-electron chi connectivity index (χ3n) is 3.35. The average molecular weight is 355 g/mol. The van der Waals surface area contributed by atoms with Gasteiger partial charge in [-0.05, 0) is 49.7 Å². The summed E-state index contributed by atoms with van der Waals surface area (Å²) < 4.78 is 22.5. The van der Waals surface area contributed by atoms with E-state index in [-0.39, 0.29) is 22.5 Å². The quantitative estimate of drug-likeness (QED) is 0.237. The second kappa shape index (κ2) is 18.5. The van der Waals surface area contributed by atoms with Crippen LogP contribution in [-0.2, 0) is 31.0 Å². The number of hydrogen-bond donors (Lipinski definition) is 0. The Morgan fingerprint density at radius 1 is 1.17 bits per heavy atom. The van der Waals surface area contributed by atoms with E-state index in [4.69, 9.17) is 19.2 Å². The van der Waals surface area contributed by atoms with Crippen molar-refractivity contribution in [3.63, 3.8) is 0 Å². The van der Waals surface area contributed by atoms with E-state index in [0.717, 1.165) is 5.57 Å². The molecule has 4 nitrogen and oxygen atoms in total. The van der Waals surface area contributed by atoms with Crippen molar-refractivity contribution >= 4 is 0 Å². The minimum Gasteiger partial charge on any atom is 0 e. The first-order chi connectivity index (χ1) is 10.5. The fourth-order valence-corrected chi connectivity index (χ4v) is 2.38. The van der Waals surface area contributed by atoms with Crippen LogP contribution >= 0.6 is 0 Å². The molecule has 0 aromatic heterocycles. The largest absolute Gasteiger partial charge is 0 e. The number of allylic oxidation sites excluding steroid dienone is 6. The number of nitriles is 1. The maximum Gasteiger partial charge on any atom is 0 e. The van der Waals surface area contributed by atoms with Crippen molar-refractivity contribution in [1.29, 1.82) is 5.26 Å². The maximum atomic E-state index is 8.56. The smallest absolute Gasteiger partial charge is 0 e. The summed E-state index contributed by atoms with van der Waals surface area (Å²) >= 11 is 0. The molecule has 5 heteroatoms. The molecule has 124 valence electrons. The Hall–Kier alpha value is -1.55. The first-order valence-electron chi connectivity index (χ1n) is 6.53. The van der Waals surface area contributed by atoms with Crippen molar-refractivity contribution in [2.45, 2.75) is 47.0 Å². The molecule has 23 heavy (non-hydrogen) atoms. The molecule has 1 aliphatic rings. The summed E-state index contributed by atoms with van der Waals surface area (Å²) in [6.07, 6.45) is 9.59. The van der Waals surface area contributed by atoms with Crippen LogP contribution in [0.4, 0.5) is 0 Å². The molecular formula is C18H21FeNO3. The average Bonchev–Trinajstić information content (AvgIpc) is 2.52. The molecule has 0 amide bonds. The van der Waals surface area contributed by atoms with Crippen LogP contribution in [0.15, 0.2) is 34.9 Å². The predicted octanol–water partition coefficient (Wildman–Crippen LogP) is 4.42. The Balaban J connectivity index is -0.000000231. The summed E-state index contributed by atoms with van der Waals surface area (Å²) in [6.45, 7) is 22.3. The molecule has 0 radical (unpaired) electrons. The Bertz CT molecular complexity index is 500. The van der Waals surface area contributed by atoms with Gasteiger partial charge in [-0.1, -0.05) is 31.6 Å². The van der Waals surface area contributed by atoms with E-state index in [1.54, 1.807) is 6.08 Å². The number of hydrogen-bond acceptors (Lipinski definition) is 1. The van der Waals surface area contributed by atoms with E-state index in [9.17, 15) is 0 Å². The third-order valence-corrected chi connectivity index (χ3v) is 3.35. The molecule has 0 aromatic carbocycles. The second-order valence-corrected chi connectivity index (χ2v) is 5.28. The molecule has 0 saturated carbocycles. The van der Waals surface area contributed by atoms with Gasteiger partial charge < -0.3 is 0 Å². The summed E-state index contributed by atoms with van der Waals surface area (Å²) in [7, 11) is 0. The monoisotopic (exact) mass is 355 g/mol. The van der Waals surface area contributed by atoms with Crippen LogP contribution in [0.5, 0.6) is 0 Å². The molecule has 0 saturated heterocycles. The van der Waals surface area contributed by atoms with E-state index in [0.29, 0.717) is 0 Å². The number of rotatable bonds is 2. The van der Waals surface area contributed by atoms with Crippen LogP contribution in [0.1, 0.15) is 47.0 Å². The molecule has 0 bridgehead atoms. The van der Waals surface area contributed by atoms with Gasteiger partial charge in [0.05, 0.1) is 6.07 Å². The van der Waals surface area contributed by atoms with E-state index in [2.05, 4.69) is 58.9 Å². The number of nitrogens with zero attached hydrogens (tertiary/aromatic N) is 1. The summed E-state index contributed by atoms with van der Waals surface area (Å²) in [5, 5.41) is 8.56. The molecule has 0 N–H and O–H groups in total. The Labute approximate surface area is 150 Å². The van der Waals surface area contributed by atoms with E-state index >= 15 is 0 Å². The second-order valence-electron chi connectivity index (χ2n) is 5.28. The van der Waals surface area contributed by atoms with Crippen LogP contribution in [-0.4, -0.2) is 0 Å². The van der Waals surface area contributed by atoms with Gasteiger partial charge in [-0.3, -0.25) is 0 Å². The fraction of sp³-hybridized carbons (Fsp3) is 0.444. The normalized spacial score (nSPS) is 15.1. The van der Waals surface area contributed by atoms with Crippen molar-refractivity contribution < 1.29 is 31.0 Å². The zero-order valence-electron chi connectivity index (χ0n) is 13.9. The van der Waals surface area contributed by atoms with Crippen molar-refractivity contribution in [3.8, 4) is 6.07 Å². The fourth-order valence-electron chi connectivity index (χ4n) is 2.38. The maximum absolute atomic E-state index is 8.56. The topological polar surface area (TPSA) is 83.5 Å². The molecule has 1 aliphatic carbocycles. The summed E-state index contributed by atoms with van der Waals surface area (Å²) in [5.41, 5.74) is 4.25. The van der Waals surface area contributed by atoms with Crippen molar-refractivity contribution in [1.82, 2.24) is 0 Å². The molecule has 1 rings (SSSR count). The van der Waals surface area contributed by atoms with Crippen molar-refractivity contribution in [3.05, 3.63) is 54.9 Å². The summed E-state index contributed by atoms with van der Waals surface area (Å²) in [6, 6.07) is 2.06. The Morgan fingerprint density at radius 3 is 2.04 bits per heavy atom. The third kappa shape index (κ3) is 12.7. The molecule has 0 heterocycles. The van der Waals surface area contributed by atoms with E-state index < -0.39 is 0 Å². The minimum absolute atomic E-state index is 0. The van der Waals surface area contributed by atoms with Gasteiger partial charge >= 0.3 is 33.9 Å². The van der Waals surface area contributed by atoms with Crippen LogP contribution in [0.2, 0.25) is 0 Å². The zero-order chi connectivity index (χ0) is 18.2. The van der Waals surface area contributed by atoms with Crippen molar-refractivity contribution in [2.75, 3.05) is 0 Å². The molecule has 0 aromatic rings. The van der Waals surface area contributed by atoms with Gasteiger partial charge in [0.2, 0.25) is 0 Å².